The molecular weight excluding hydrogens is 394 g/mol. The van der Waals surface area contributed by atoms with Crippen LogP contribution in [0.25, 0.3) is 0 Å². The van der Waals surface area contributed by atoms with Crippen molar-refractivity contribution in [3.05, 3.63) is 138 Å². The van der Waals surface area contributed by atoms with Crippen LogP contribution in [0.5, 0.6) is 5.75 Å². The average molecular weight is 422 g/mol. The number of amides is 1. The molecule has 160 valence electrons. The highest BCUT2D eigenvalue weighted by atomic mass is 16.5. The topological polar surface area (TPSA) is 38.3 Å². The zero-order valence-electron chi connectivity index (χ0n) is 18.2. The van der Waals surface area contributed by atoms with Crippen molar-refractivity contribution in [3.63, 3.8) is 0 Å². The summed E-state index contributed by atoms with van der Waals surface area (Å²) in [4.78, 5) is 14.1. The summed E-state index contributed by atoms with van der Waals surface area (Å²) in [7, 11) is 1.67. The highest BCUT2D eigenvalue weighted by Crippen LogP contribution is 2.39. The summed E-state index contributed by atoms with van der Waals surface area (Å²) in [5.41, 5.74) is 2.93. The van der Waals surface area contributed by atoms with Gasteiger partial charge in [-0.2, -0.15) is 0 Å². The lowest BCUT2D eigenvalue weighted by Crippen LogP contribution is -2.46. The van der Waals surface area contributed by atoms with Gasteiger partial charge >= 0.3 is 0 Å². The van der Waals surface area contributed by atoms with Crippen molar-refractivity contribution in [2.45, 2.75) is 11.8 Å². The Kier molecular flexibility index (Phi) is 6.66. The van der Waals surface area contributed by atoms with Crippen LogP contribution in [-0.4, -0.2) is 19.6 Å². The van der Waals surface area contributed by atoms with E-state index in [1.54, 1.807) is 7.11 Å². The standard InChI is InChI=1S/C29H27NO2/c1-32-27-20-12-11-13-23(27)21-22-30-28(31)29(24-14-5-2-6-15-24,25-16-7-3-8-17-25)26-18-9-4-10-19-26/h2-20H,21-22H2,1H3,(H,30,31). The van der Waals surface area contributed by atoms with Gasteiger partial charge in [-0.3, -0.25) is 4.79 Å². The van der Waals surface area contributed by atoms with Crippen LogP contribution in [0.3, 0.4) is 0 Å². The van der Waals surface area contributed by atoms with Crippen molar-refractivity contribution in [3.8, 4) is 5.75 Å². The molecule has 0 heterocycles. The molecule has 32 heavy (non-hydrogen) atoms. The molecule has 4 rings (SSSR count). The molecule has 1 N–H and O–H groups in total. The first-order valence-electron chi connectivity index (χ1n) is 10.8. The highest BCUT2D eigenvalue weighted by Gasteiger charge is 2.43. The maximum Gasteiger partial charge on any atom is 0.239 e. The van der Waals surface area contributed by atoms with Gasteiger partial charge in [-0.15, -0.1) is 0 Å². The Morgan fingerprint density at radius 3 is 1.59 bits per heavy atom. The van der Waals surface area contributed by atoms with E-state index in [2.05, 4.69) is 5.32 Å². The Labute approximate surface area is 189 Å². The molecule has 0 aromatic heterocycles. The summed E-state index contributed by atoms with van der Waals surface area (Å²) in [5, 5.41) is 3.22. The minimum atomic E-state index is -0.954. The van der Waals surface area contributed by atoms with Crippen molar-refractivity contribution in [1.29, 1.82) is 0 Å². The first-order valence-corrected chi connectivity index (χ1v) is 10.8. The maximum atomic E-state index is 14.1. The summed E-state index contributed by atoms with van der Waals surface area (Å²) in [5.74, 6) is 0.790. The third-order valence-electron chi connectivity index (χ3n) is 5.83. The number of nitrogens with one attached hydrogen (secondary N) is 1. The first kappa shape index (κ1) is 21.4. The van der Waals surface area contributed by atoms with Gasteiger partial charge in [-0.25, -0.2) is 0 Å². The van der Waals surface area contributed by atoms with E-state index in [-0.39, 0.29) is 5.91 Å². The summed E-state index contributed by atoms with van der Waals surface area (Å²) in [6.07, 6.45) is 0.685. The Bertz CT molecular complexity index is 1040. The normalized spacial score (nSPS) is 11.0. The Morgan fingerprint density at radius 2 is 1.12 bits per heavy atom. The maximum absolute atomic E-state index is 14.1. The van der Waals surface area contributed by atoms with Crippen molar-refractivity contribution in [1.82, 2.24) is 5.32 Å². The van der Waals surface area contributed by atoms with Gasteiger partial charge in [0, 0.05) is 6.54 Å². The van der Waals surface area contributed by atoms with Crippen LogP contribution in [-0.2, 0) is 16.6 Å². The molecular formula is C29H27NO2. The number of carbonyl (C=O) groups is 1. The van der Waals surface area contributed by atoms with Gasteiger partial charge in [-0.1, -0.05) is 109 Å². The number of methoxy groups -OCH3 is 1. The highest BCUT2D eigenvalue weighted by molar-refractivity contribution is 5.96. The molecule has 0 spiro atoms. The third-order valence-corrected chi connectivity index (χ3v) is 5.83. The molecule has 4 aromatic carbocycles. The summed E-state index contributed by atoms with van der Waals surface area (Å²) >= 11 is 0. The van der Waals surface area contributed by atoms with E-state index in [1.807, 2.05) is 115 Å². The van der Waals surface area contributed by atoms with E-state index >= 15 is 0 Å². The number of para-hydroxylation sites is 1. The van der Waals surface area contributed by atoms with Crippen LogP contribution in [0.15, 0.2) is 115 Å². The molecule has 3 heteroatoms. The molecule has 0 atom stereocenters. The predicted molar refractivity (Wildman–Crippen MR) is 129 cm³/mol. The molecule has 0 bridgehead atoms. The quantitative estimate of drug-likeness (QED) is 0.388. The van der Waals surface area contributed by atoms with Crippen molar-refractivity contribution >= 4 is 5.91 Å². The summed E-state index contributed by atoms with van der Waals surface area (Å²) < 4.78 is 5.47. The average Bonchev–Trinajstić information content (AvgIpc) is 2.87. The van der Waals surface area contributed by atoms with Gasteiger partial charge < -0.3 is 10.1 Å². The Hall–Kier alpha value is -3.85. The summed E-state index contributed by atoms with van der Waals surface area (Å²) in [6, 6.07) is 37.9. The van der Waals surface area contributed by atoms with Crippen LogP contribution in [0.2, 0.25) is 0 Å². The lowest BCUT2D eigenvalue weighted by atomic mass is 9.68. The van der Waals surface area contributed by atoms with Crippen LogP contribution in [0, 0.1) is 0 Å². The minimum absolute atomic E-state index is 0.0454. The van der Waals surface area contributed by atoms with E-state index in [0.717, 1.165) is 28.0 Å². The zero-order valence-corrected chi connectivity index (χ0v) is 18.2. The fourth-order valence-electron chi connectivity index (χ4n) is 4.31. The second kappa shape index (κ2) is 9.97. The monoisotopic (exact) mass is 421 g/mol. The number of carbonyl (C=O) groups excluding carboxylic acids is 1. The molecule has 4 aromatic rings. The number of rotatable bonds is 8. The van der Waals surface area contributed by atoms with Gasteiger partial charge in [-0.05, 0) is 34.7 Å². The Balaban J connectivity index is 1.74. The number of benzene rings is 4. The second-order valence-electron chi connectivity index (χ2n) is 7.67. The molecule has 0 unspecified atom stereocenters. The number of ether oxygens (including phenoxy) is 1. The fraction of sp³-hybridized carbons (Fsp3) is 0.138. The van der Waals surface area contributed by atoms with E-state index in [0.29, 0.717) is 13.0 Å². The zero-order chi connectivity index (χ0) is 22.2. The van der Waals surface area contributed by atoms with Crippen LogP contribution in [0.1, 0.15) is 22.3 Å². The van der Waals surface area contributed by atoms with Gasteiger partial charge in [0.1, 0.15) is 11.2 Å². The SMILES string of the molecule is COc1ccccc1CCNC(=O)C(c1ccccc1)(c1ccccc1)c1ccccc1. The smallest absolute Gasteiger partial charge is 0.239 e. The Morgan fingerprint density at radius 1 is 0.688 bits per heavy atom. The molecule has 1 amide bonds. The molecule has 0 aliphatic carbocycles. The largest absolute Gasteiger partial charge is 0.496 e. The number of hydrogen-bond acceptors (Lipinski definition) is 2. The van der Waals surface area contributed by atoms with Crippen molar-refractivity contribution < 1.29 is 9.53 Å². The van der Waals surface area contributed by atoms with Crippen LogP contribution < -0.4 is 10.1 Å². The van der Waals surface area contributed by atoms with Crippen LogP contribution in [0.4, 0.5) is 0 Å². The lowest BCUT2D eigenvalue weighted by Gasteiger charge is -2.34. The summed E-state index contributed by atoms with van der Waals surface area (Å²) in [6.45, 7) is 0.507. The van der Waals surface area contributed by atoms with E-state index < -0.39 is 5.41 Å². The molecule has 0 saturated heterocycles. The van der Waals surface area contributed by atoms with Crippen molar-refractivity contribution in [2.24, 2.45) is 0 Å². The predicted octanol–water partition coefficient (Wildman–Crippen LogP) is 5.39. The van der Waals surface area contributed by atoms with Gasteiger partial charge in [0.05, 0.1) is 7.11 Å². The van der Waals surface area contributed by atoms with Gasteiger partial charge in [0.15, 0.2) is 0 Å². The molecule has 0 aliphatic heterocycles. The molecule has 0 radical (unpaired) electrons. The molecule has 3 nitrogen and oxygen atoms in total. The number of hydrogen-bond donors (Lipinski definition) is 1. The lowest BCUT2D eigenvalue weighted by molar-refractivity contribution is -0.124. The van der Waals surface area contributed by atoms with E-state index in [1.165, 1.54) is 0 Å². The van der Waals surface area contributed by atoms with Crippen LogP contribution >= 0.6 is 0 Å². The van der Waals surface area contributed by atoms with Gasteiger partial charge in [0.25, 0.3) is 0 Å². The minimum Gasteiger partial charge on any atom is -0.496 e. The van der Waals surface area contributed by atoms with Gasteiger partial charge in [0.2, 0.25) is 5.91 Å². The molecule has 0 aliphatic rings. The fourth-order valence-corrected chi connectivity index (χ4v) is 4.31. The molecule has 0 saturated carbocycles. The van der Waals surface area contributed by atoms with E-state index in [9.17, 15) is 4.79 Å². The van der Waals surface area contributed by atoms with E-state index in [4.69, 9.17) is 4.74 Å². The third kappa shape index (κ3) is 4.15. The second-order valence-corrected chi connectivity index (χ2v) is 7.67. The molecule has 0 fully saturated rings. The van der Waals surface area contributed by atoms with Crippen molar-refractivity contribution in [2.75, 3.05) is 13.7 Å². The first-order chi connectivity index (χ1) is 15.8.